The zero-order chi connectivity index (χ0) is 13.5. The molecular formula is C12H14N2O4. The third kappa shape index (κ3) is 4.34. The van der Waals surface area contributed by atoms with E-state index in [2.05, 4.69) is 10.3 Å². The number of pyridine rings is 1. The summed E-state index contributed by atoms with van der Waals surface area (Å²) >= 11 is 0. The lowest BCUT2D eigenvalue weighted by Gasteiger charge is -2.15. The van der Waals surface area contributed by atoms with E-state index < -0.39 is 24.0 Å². The Bertz CT molecular complexity index is 443. The molecule has 0 bridgehead atoms. The van der Waals surface area contributed by atoms with Crippen LogP contribution in [0.15, 0.2) is 30.6 Å². The van der Waals surface area contributed by atoms with Crippen LogP contribution in [0.5, 0.6) is 0 Å². The standard InChI is InChI=1S/C12H14N2O4/c1-8(15)11(12(17)18)14-10(16)5-4-9-3-2-6-13-7-9/h2-8,11,15H,1H3,(H,14,16)(H,17,18)/b5-4+/t8-,11+/m1/s1. The van der Waals surface area contributed by atoms with Gasteiger partial charge in [-0.15, -0.1) is 0 Å². The van der Waals surface area contributed by atoms with Crippen molar-refractivity contribution in [1.82, 2.24) is 10.3 Å². The third-order valence-corrected chi connectivity index (χ3v) is 2.16. The van der Waals surface area contributed by atoms with Crippen molar-refractivity contribution in [3.63, 3.8) is 0 Å². The number of aliphatic hydroxyl groups excluding tert-OH is 1. The molecule has 3 N–H and O–H groups in total. The summed E-state index contributed by atoms with van der Waals surface area (Å²) in [6.07, 6.45) is 4.69. The molecule has 0 aliphatic rings. The van der Waals surface area contributed by atoms with E-state index in [0.717, 1.165) is 5.56 Å². The lowest BCUT2D eigenvalue weighted by atomic mass is 10.2. The number of aromatic nitrogens is 1. The maximum absolute atomic E-state index is 11.4. The highest BCUT2D eigenvalue weighted by Crippen LogP contribution is 1.99. The van der Waals surface area contributed by atoms with Gasteiger partial charge in [0, 0.05) is 18.5 Å². The van der Waals surface area contributed by atoms with Crippen molar-refractivity contribution >= 4 is 18.0 Å². The number of rotatable bonds is 5. The number of aliphatic carboxylic acids is 1. The molecule has 2 atom stereocenters. The molecule has 0 aliphatic carbocycles. The molecule has 6 nitrogen and oxygen atoms in total. The van der Waals surface area contributed by atoms with Gasteiger partial charge >= 0.3 is 5.97 Å². The van der Waals surface area contributed by atoms with E-state index in [1.165, 1.54) is 19.1 Å². The van der Waals surface area contributed by atoms with Crippen molar-refractivity contribution in [3.8, 4) is 0 Å². The van der Waals surface area contributed by atoms with Gasteiger partial charge in [-0.2, -0.15) is 0 Å². The smallest absolute Gasteiger partial charge is 0.328 e. The van der Waals surface area contributed by atoms with Gasteiger partial charge in [-0.1, -0.05) is 6.07 Å². The average Bonchev–Trinajstić information content (AvgIpc) is 2.34. The number of amides is 1. The maximum Gasteiger partial charge on any atom is 0.328 e. The highest BCUT2D eigenvalue weighted by atomic mass is 16.4. The fourth-order valence-electron chi connectivity index (χ4n) is 1.24. The third-order valence-electron chi connectivity index (χ3n) is 2.16. The Labute approximate surface area is 104 Å². The van der Waals surface area contributed by atoms with Crippen LogP contribution >= 0.6 is 0 Å². The van der Waals surface area contributed by atoms with E-state index in [0.29, 0.717) is 0 Å². The van der Waals surface area contributed by atoms with Crippen LogP contribution in [-0.4, -0.2) is 39.2 Å². The van der Waals surface area contributed by atoms with Crippen molar-refractivity contribution in [2.45, 2.75) is 19.1 Å². The first-order valence-corrected chi connectivity index (χ1v) is 5.30. The Kier molecular flexibility index (Phi) is 5.01. The van der Waals surface area contributed by atoms with Gasteiger partial charge in [-0.3, -0.25) is 9.78 Å². The van der Waals surface area contributed by atoms with Gasteiger partial charge in [0.15, 0.2) is 6.04 Å². The first-order valence-electron chi connectivity index (χ1n) is 5.30. The lowest BCUT2D eigenvalue weighted by molar-refractivity contribution is -0.144. The highest BCUT2D eigenvalue weighted by Gasteiger charge is 2.23. The van der Waals surface area contributed by atoms with Gasteiger partial charge in [0.25, 0.3) is 0 Å². The molecular weight excluding hydrogens is 236 g/mol. The number of nitrogens with zero attached hydrogens (tertiary/aromatic N) is 1. The summed E-state index contributed by atoms with van der Waals surface area (Å²) in [6.45, 7) is 1.30. The van der Waals surface area contributed by atoms with E-state index in [1.807, 2.05) is 0 Å². The Morgan fingerprint density at radius 2 is 2.22 bits per heavy atom. The number of carboxylic acids is 1. The van der Waals surface area contributed by atoms with Gasteiger partial charge in [0.1, 0.15) is 0 Å². The van der Waals surface area contributed by atoms with Crippen LogP contribution in [-0.2, 0) is 9.59 Å². The molecule has 0 aromatic carbocycles. The fourth-order valence-corrected chi connectivity index (χ4v) is 1.24. The monoisotopic (exact) mass is 250 g/mol. The summed E-state index contributed by atoms with van der Waals surface area (Å²) in [5.74, 6) is -1.87. The second-order valence-corrected chi connectivity index (χ2v) is 3.68. The van der Waals surface area contributed by atoms with E-state index in [1.54, 1.807) is 24.5 Å². The summed E-state index contributed by atoms with van der Waals surface area (Å²) in [7, 11) is 0. The topological polar surface area (TPSA) is 99.5 Å². The Hall–Kier alpha value is -2.21. The van der Waals surface area contributed by atoms with Crippen molar-refractivity contribution in [3.05, 3.63) is 36.2 Å². The molecule has 1 amide bonds. The highest BCUT2D eigenvalue weighted by molar-refractivity contribution is 5.94. The minimum Gasteiger partial charge on any atom is -0.480 e. The van der Waals surface area contributed by atoms with Gasteiger partial charge in [0.05, 0.1) is 6.10 Å². The lowest BCUT2D eigenvalue weighted by Crippen LogP contribution is -2.47. The summed E-state index contributed by atoms with van der Waals surface area (Å²) in [5, 5.41) is 20.1. The Morgan fingerprint density at radius 1 is 1.50 bits per heavy atom. The van der Waals surface area contributed by atoms with Crippen LogP contribution in [0.25, 0.3) is 6.08 Å². The number of aliphatic hydroxyl groups is 1. The van der Waals surface area contributed by atoms with Crippen molar-refractivity contribution in [1.29, 1.82) is 0 Å². The molecule has 96 valence electrons. The maximum atomic E-state index is 11.4. The zero-order valence-corrected chi connectivity index (χ0v) is 9.78. The minimum atomic E-state index is -1.32. The number of hydrogen-bond donors (Lipinski definition) is 3. The van der Waals surface area contributed by atoms with Crippen LogP contribution in [0.3, 0.4) is 0 Å². The Balaban J connectivity index is 2.61. The average molecular weight is 250 g/mol. The number of carboxylic acid groups (broad SMARTS) is 1. The normalized spacial score (nSPS) is 14.1. The number of carbonyl (C=O) groups is 2. The summed E-state index contributed by atoms with van der Waals surface area (Å²) < 4.78 is 0. The first kappa shape index (κ1) is 13.9. The van der Waals surface area contributed by atoms with Crippen LogP contribution < -0.4 is 5.32 Å². The van der Waals surface area contributed by atoms with E-state index in [-0.39, 0.29) is 0 Å². The SMILES string of the molecule is C[C@@H](O)[C@H](NC(=O)/C=C/c1cccnc1)C(=O)O. The molecule has 0 aliphatic heterocycles. The first-order chi connectivity index (χ1) is 8.50. The molecule has 1 heterocycles. The van der Waals surface area contributed by atoms with Crippen molar-refractivity contribution < 1.29 is 19.8 Å². The molecule has 0 spiro atoms. The van der Waals surface area contributed by atoms with Gasteiger partial charge in [0.2, 0.25) is 5.91 Å². The van der Waals surface area contributed by atoms with Gasteiger partial charge in [-0.25, -0.2) is 4.79 Å². The van der Waals surface area contributed by atoms with E-state index >= 15 is 0 Å². The molecule has 0 fully saturated rings. The van der Waals surface area contributed by atoms with Crippen molar-refractivity contribution in [2.75, 3.05) is 0 Å². The largest absolute Gasteiger partial charge is 0.480 e. The summed E-state index contributed by atoms with van der Waals surface area (Å²) in [4.78, 5) is 26.0. The number of nitrogens with one attached hydrogen (secondary N) is 1. The summed E-state index contributed by atoms with van der Waals surface area (Å²) in [6, 6.07) is 2.14. The second kappa shape index (κ2) is 6.51. The predicted octanol–water partition coefficient (Wildman–Crippen LogP) is 0.0450. The Morgan fingerprint density at radius 3 is 2.72 bits per heavy atom. The zero-order valence-electron chi connectivity index (χ0n) is 9.78. The van der Waals surface area contributed by atoms with Crippen LogP contribution in [0, 0.1) is 0 Å². The number of carbonyl (C=O) groups excluding carboxylic acids is 1. The van der Waals surface area contributed by atoms with Gasteiger partial charge < -0.3 is 15.5 Å². The van der Waals surface area contributed by atoms with Crippen LogP contribution in [0.4, 0.5) is 0 Å². The predicted molar refractivity (Wildman–Crippen MR) is 64.5 cm³/mol. The molecule has 1 aromatic heterocycles. The molecule has 0 radical (unpaired) electrons. The molecule has 18 heavy (non-hydrogen) atoms. The molecule has 0 unspecified atom stereocenters. The van der Waals surface area contributed by atoms with Gasteiger partial charge in [-0.05, 0) is 24.6 Å². The molecule has 0 saturated carbocycles. The molecule has 1 aromatic rings. The molecule has 0 saturated heterocycles. The quantitative estimate of drug-likeness (QED) is 0.641. The fraction of sp³-hybridized carbons (Fsp3) is 0.250. The molecule has 1 rings (SSSR count). The number of hydrogen-bond acceptors (Lipinski definition) is 4. The molecule has 6 heteroatoms. The van der Waals surface area contributed by atoms with Crippen LogP contribution in [0.2, 0.25) is 0 Å². The van der Waals surface area contributed by atoms with E-state index in [9.17, 15) is 14.7 Å². The minimum absolute atomic E-state index is 0.591. The second-order valence-electron chi connectivity index (χ2n) is 3.68. The van der Waals surface area contributed by atoms with Crippen LogP contribution in [0.1, 0.15) is 12.5 Å². The van der Waals surface area contributed by atoms with E-state index in [4.69, 9.17) is 5.11 Å². The van der Waals surface area contributed by atoms with Crippen molar-refractivity contribution in [2.24, 2.45) is 0 Å². The summed E-state index contributed by atoms with van der Waals surface area (Å²) in [5.41, 5.74) is 0.719.